The van der Waals surface area contributed by atoms with Crippen LogP contribution < -0.4 is 14.7 Å². The maximum Gasteiger partial charge on any atom is 0.255 e. The number of benzene rings is 7. The van der Waals surface area contributed by atoms with Crippen molar-refractivity contribution in [3.05, 3.63) is 167 Å². The number of anilines is 7. The van der Waals surface area contributed by atoms with E-state index in [1.807, 2.05) is 6.21 Å². The smallest absolute Gasteiger partial charge is 0.255 e. The Morgan fingerprint density at radius 2 is 1.42 bits per heavy atom. The molecule has 1 aromatic heterocycles. The molecular formula is C52H38N6Pt-2. The van der Waals surface area contributed by atoms with Crippen LogP contribution in [0.5, 0.6) is 0 Å². The number of nitrogens with zero attached hydrogens (tertiary/aromatic N) is 6. The third kappa shape index (κ3) is 4.35. The Morgan fingerprint density at radius 1 is 0.712 bits per heavy atom. The van der Waals surface area contributed by atoms with Crippen LogP contribution in [-0.4, -0.2) is 21.6 Å². The Hall–Kier alpha value is -6.23. The van der Waals surface area contributed by atoms with Crippen molar-refractivity contribution in [2.45, 2.75) is 46.2 Å². The van der Waals surface area contributed by atoms with Crippen LogP contribution in [-0.2, 0) is 26.5 Å². The van der Waals surface area contributed by atoms with Crippen molar-refractivity contribution in [3.8, 4) is 16.8 Å². The minimum absolute atomic E-state index is 0. The van der Waals surface area contributed by atoms with Gasteiger partial charge in [-0.05, 0) is 89.5 Å². The van der Waals surface area contributed by atoms with Crippen LogP contribution in [0.3, 0.4) is 0 Å². The molecule has 6 nitrogen and oxygen atoms in total. The molecule has 0 saturated heterocycles. The minimum Gasteiger partial charge on any atom is -0.493 e. The van der Waals surface area contributed by atoms with Crippen LogP contribution in [0.15, 0.2) is 120 Å². The molecule has 8 aromatic rings. The van der Waals surface area contributed by atoms with Crippen molar-refractivity contribution >= 4 is 79.7 Å². The van der Waals surface area contributed by atoms with E-state index in [0.717, 1.165) is 33.8 Å². The maximum absolute atomic E-state index is 5.10. The zero-order valence-electron chi connectivity index (χ0n) is 33.3. The second-order valence-electron chi connectivity index (χ2n) is 16.9. The zero-order chi connectivity index (χ0) is 38.8. The van der Waals surface area contributed by atoms with E-state index in [-0.39, 0.29) is 32.6 Å². The minimum atomic E-state index is -0.329. The van der Waals surface area contributed by atoms with Crippen LogP contribution in [0.4, 0.5) is 45.5 Å². The van der Waals surface area contributed by atoms with E-state index < -0.39 is 0 Å². The Kier molecular flexibility index (Phi) is 7.03. The van der Waals surface area contributed by atoms with Gasteiger partial charge >= 0.3 is 0 Å². The molecule has 6 heterocycles. The van der Waals surface area contributed by atoms with Crippen LogP contribution in [0.2, 0.25) is 0 Å². The Balaban J connectivity index is 0.00000377. The van der Waals surface area contributed by atoms with Crippen molar-refractivity contribution in [2.24, 2.45) is 4.99 Å². The second kappa shape index (κ2) is 11.9. The molecule has 288 valence electrons. The van der Waals surface area contributed by atoms with Gasteiger partial charge in [-0.1, -0.05) is 103 Å². The summed E-state index contributed by atoms with van der Waals surface area (Å²) < 4.78 is 4.77. The fourth-order valence-corrected chi connectivity index (χ4v) is 11.0. The summed E-state index contributed by atoms with van der Waals surface area (Å²) in [7, 11) is 0. The molecule has 13 rings (SSSR count). The molecule has 5 aliphatic rings. The first kappa shape index (κ1) is 34.8. The van der Waals surface area contributed by atoms with Gasteiger partial charge in [-0.3, -0.25) is 0 Å². The fraction of sp³-hybridized carbons (Fsp3) is 0.135. The van der Waals surface area contributed by atoms with Gasteiger partial charge in [0.1, 0.15) is 0 Å². The van der Waals surface area contributed by atoms with Crippen molar-refractivity contribution in [1.82, 2.24) is 4.57 Å². The van der Waals surface area contributed by atoms with E-state index in [1.54, 1.807) is 0 Å². The van der Waals surface area contributed by atoms with E-state index in [2.05, 4.69) is 199 Å². The number of hydrogen-bond donors (Lipinski definition) is 0. The standard InChI is InChI=1S/C52H38N6.Pt/c1-30-25-31(2)48(32(3)26-30)56-29-55(41-18-10-11-19-42(41)56)33-21-22-34-35-14-12-20-43-49(35)58(44(34)27-33)45-28-37-46(36-13-6-8-16-39(36)54-24-23-53-51(37)54)47-50(45)57(43)40-17-9-7-15-38(40)52(47,4)5;/h6-26,29,51H,1-5H3;/q-2;. The van der Waals surface area contributed by atoms with E-state index >= 15 is 0 Å². The Labute approximate surface area is 358 Å². The van der Waals surface area contributed by atoms with Gasteiger partial charge in [-0.15, -0.1) is 47.1 Å². The van der Waals surface area contributed by atoms with E-state index in [4.69, 9.17) is 4.99 Å². The van der Waals surface area contributed by atoms with Crippen LogP contribution in [0.1, 0.15) is 53.4 Å². The summed E-state index contributed by atoms with van der Waals surface area (Å²) in [4.78, 5) is 12.3. The van der Waals surface area contributed by atoms with Gasteiger partial charge in [-0.2, -0.15) is 10.6 Å². The van der Waals surface area contributed by atoms with Gasteiger partial charge in [0.25, 0.3) is 6.17 Å². The molecule has 0 fully saturated rings. The largest absolute Gasteiger partial charge is 0.493 e. The summed E-state index contributed by atoms with van der Waals surface area (Å²) in [6, 6.07) is 50.5. The summed E-state index contributed by atoms with van der Waals surface area (Å²) in [6.07, 6.45) is 3.87. The number of aliphatic imine (C=N–C) groups is 1. The molecule has 59 heavy (non-hydrogen) atoms. The molecule has 0 radical (unpaired) electrons. The van der Waals surface area contributed by atoms with Crippen molar-refractivity contribution in [3.63, 3.8) is 0 Å². The molecule has 0 N–H and O–H groups in total. The summed E-state index contributed by atoms with van der Waals surface area (Å²) in [5.74, 6) is 0. The van der Waals surface area contributed by atoms with Crippen LogP contribution in [0, 0.1) is 39.6 Å². The quantitative estimate of drug-likeness (QED) is 0.128. The SMILES string of the molecule is Cc1cc(C)c(N2[CH-]N(c3[c-]c4c(cc3)c3cccc5c3n4-c3[c-]c4c(c6c3N5c3ccccc3C6(C)C)-c3ccccc3[N+]3=CC=NC43)c3ccccc32)c(C)c1.[Pt]. The Morgan fingerprint density at radius 3 is 2.24 bits per heavy atom. The van der Waals surface area contributed by atoms with E-state index in [0.29, 0.717) is 0 Å². The third-order valence-corrected chi connectivity index (χ3v) is 13.2. The number of hydrogen-bond acceptors (Lipinski definition) is 4. The summed E-state index contributed by atoms with van der Waals surface area (Å²) >= 11 is 0. The molecule has 0 aliphatic carbocycles. The van der Waals surface area contributed by atoms with Crippen LogP contribution >= 0.6 is 0 Å². The summed E-state index contributed by atoms with van der Waals surface area (Å²) in [6.45, 7) is 13.6. The predicted octanol–water partition coefficient (Wildman–Crippen LogP) is 12.6. The van der Waals surface area contributed by atoms with E-state index in [9.17, 15) is 0 Å². The first-order chi connectivity index (χ1) is 28.3. The predicted molar refractivity (Wildman–Crippen MR) is 237 cm³/mol. The molecule has 0 saturated carbocycles. The van der Waals surface area contributed by atoms with Gasteiger partial charge in [-0.25, -0.2) is 4.99 Å². The first-order valence-corrected chi connectivity index (χ1v) is 20.2. The number of aromatic nitrogens is 1. The molecule has 5 aliphatic heterocycles. The monoisotopic (exact) mass is 941 g/mol. The molecule has 1 unspecified atom stereocenters. The second-order valence-corrected chi connectivity index (χ2v) is 16.9. The molecular weight excluding hydrogens is 904 g/mol. The molecule has 0 amide bonds. The first-order valence-electron chi connectivity index (χ1n) is 20.2. The van der Waals surface area contributed by atoms with Gasteiger partial charge < -0.3 is 19.3 Å². The number of rotatable bonds is 2. The summed E-state index contributed by atoms with van der Waals surface area (Å²) in [5, 5.41) is 2.37. The van der Waals surface area contributed by atoms with Gasteiger partial charge in [0, 0.05) is 49.9 Å². The van der Waals surface area contributed by atoms with Crippen molar-refractivity contribution < 1.29 is 25.6 Å². The van der Waals surface area contributed by atoms with Crippen LogP contribution in [0.25, 0.3) is 38.6 Å². The molecule has 7 heteroatoms. The van der Waals surface area contributed by atoms with Crippen molar-refractivity contribution in [2.75, 3.05) is 14.7 Å². The zero-order valence-corrected chi connectivity index (χ0v) is 35.6. The number of fused-ring (bicyclic) bond motifs is 15. The third-order valence-electron chi connectivity index (χ3n) is 13.2. The molecule has 1 atom stereocenters. The fourth-order valence-electron chi connectivity index (χ4n) is 11.0. The molecule has 0 bridgehead atoms. The van der Waals surface area contributed by atoms with Gasteiger partial charge in [0.15, 0.2) is 6.21 Å². The normalized spacial score (nSPS) is 16.9. The molecule has 7 aromatic carbocycles. The topological polar surface area (TPSA) is 30.0 Å². The maximum atomic E-state index is 5.10. The number of aryl methyl sites for hydroxylation is 3. The summed E-state index contributed by atoms with van der Waals surface area (Å²) in [5.41, 5.74) is 22.1. The van der Waals surface area contributed by atoms with Crippen molar-refractivity contribution in [1.29, 1.82) is 0 Å². The average Bonchev–Trinajstić information content (AvgIpc) is 3.96. The van der Waals surface area contributed by atoms with Gasteiger partial charge in [0.2, 0.25) is 5.69 Å². The molecule has 0 spiro atoms. The van der Waals surface area contributed by atoms with E-state index in [1.165, 1.54) is 83.7 Å². The van der Waals surface area contributed by atoms with Gasteiger partial charge in [0.05, 0.1) is 17.4 Å². The Bertz CT molecular complexity index is 3240. The number of para-hydroxylation sites is 5. The average molecular weight is 942 g/mol.